The van der Waals surface area contributed by atoms with Gasteiger partial charge in [-0.15, -0.1) is 0 Å². The molecule has 0 fully saturated rings. The fourth-order valence-corrected chi connectivity index (χ4v) is 1.53. The molecule has 14 heavy (non-hydrogen) atoms. The number of hydrogen-bond donors (Lipinski definition) is 0. The first-order valence-corrected chi connectivity index (χ1v) is 4.59. The molecule has 0 atom stereocenters. The van der Waals surface area contributed by atoms with Gasteiger partial charge in [-0.1, -0.05) is 0 Å². The maximum Gasteiger partial charge on any atom is 0.225 e. The smallest absolute Gasteiger partial charge is 0.225 e. The van der Waals surface area contributed by atoms with Crippen LogP contribution in [0.5, 0.6) is 5.88 Å². The van der Waals surface area contributed by atoms with Gasteiger partial charge in [0, 0.05) is 12.2 Å². The van der Waals surface area contributed by atoms with E-state index in [1.165, 1.54) is 6.33 Å². The molecule has 4 heteroatoms. The Morgan fingerprint density at radius 1 is 1.36 bits per heavy atom. The van der Waals surface area contributed by atoms with Crippen LogP contribution >= 0.6 is 0 Å². The van der Waals surface area contributed by atoms with E-state index in [0.29, 0.717) is 11.9 Å². The summed E-state index contributed by atoms with van der Waals surface area (Å²) >= 11 is 0. The monoisotopic (exact) mass is 191 g/mol. The van der Waals surface area contributed by atoms with Gasteiger partial charge in [0.2, 0.25) is 5.88 Å². The van der Waals surface area contributed by atoms with Crippen LogP contribution in [0.4, 0.5) is 0 Å². The van der Waals surface area contributed by atoms with Gasteiger partial charge >= 0.3 is 0 Å². The molecule has 0 aliphatic heterocycles. The van der Waals surface area contributed by atoms with E-state index in [0.717, 1.165) is 11.0 Å². The van der Waals surface area contributed by atoms with Crippen LogP contribution in [0.2, 0.25) is 0 Å². The second-order valence-corrected chi connectivity index (χ2v) is 3.44. The average Bonchev–Trinajstić information content (AvgIpc) is 2.60. The van der Waals surface area contributed by atoms with E-state index in [4.69, 9.17) is 4.74 Å². The Balaban J connectivity index is 2.69. The van der Waals surface area contributed by atoms with Crippen LogP contribution in [0.15, 0.2) is 18.6 Å². The topological polar surface area (TPSA) is 39.9 Å². The SMILES string of the molecule is COc1ncnc2c1ccn2C(C)C. The van der Waals surface area contributed by atoms with Gasteiger partial charge in [-0.25, -0.2) is 9.97 Å². The molecule has 0 saturated carbocycles. The molecule has 0 saturated heterocycles. The van der Waals surface area contributed by atoms with Crippen molar-refractivity contribution in [1.29, 1.82) is 0 Å². The van der Waals surface area contributed by atoms with Crippen molar-refractivity contribution in [3.05, 3.63) is 18.6 Å². The van der Waals surface area contributed by atoms with Crippen LogP contribution in [0.25, 0.3) is 11.0 Å². The van der Waals surface area contributed by atoms with E-state index in [-0.39, 0.29) is 0 Å². The Bertz CT molecular complexity index is 448. The summed E-state index contributed by atoms with van der Waals surface area (Å²) in [5.74, 6) is 0.634. The van der Waals surface area contributed by atoms with Gasteiger partial charge in [-0.3, -0.25) is 0 Å². The number of methoxy groups -OCH3 is 1. The Kier molecular flexibility index (Phi) is 2.11. The highest BCUT2D eigenvalue weighted by molar-refractivity contribution is 5.81. The highest BCUT2D eigenvalue weighted by Crippen LogP contribution is 2.23. The molecule has 2 heterocycles. The molecular weight excluding hydrogens is 178 g/mol. The van der Waals surface area contributed by atoms with Crippen molar-refractivity contribution in [3.63, 3.8) is 0 Å². The molecule has 2 aromatic heterocycles. The molecular formula is C10H13N3O. The molecule has 0 unspecified atom stereocenters. The van der Waals surface area contributed by atoms with Gasteiger partial charge in [0.25, 0.3) is 0 Å². The van der Waals surface area contributed by atoms with Crippen molar-refractivity contribution < 1.29 is 4.74 Å². The fraction of sp³-hybridized carbons (Fsp3) is 0.400. The summed E-state index contributed by atoms with van der Waals surface area (Å²) in [6.45, 7) is 4.24. The maximum atomic E-state index is 5.16. The molecule has 2 rings (SSSR count). The van der Waals surface area contributed by atoms with Crippen molar-refractivity contribution in [2.45, 2.75) is 19.9 Å². The summed E-state index contributed by atoms with van der Waals surface area (Å²) in [4.78, 5) is 8.29. The first kappa shape index (κ1) is 8.99. The third kappa shape index (κ3) is 1.23. The molecule has 0 bridgehead atoms. The Hall–Kier alpha value is -1.58. The van der Waals surface area contributed by atoms with Gasteiger partial charge in [0.15, 0.2) is 0 Å². The van der Waals surface area contributed by atoms with Crippen molar-refractivity contribution in [3.8, 4) is 5.88 Å². The minimum Gasteiger partial charge on any atom is -0.480 e. The van der Waals surface area contributed by atoms with Crippen molar-refractivity contribution >= 4 is 11.0 Å². The zero-order valence-electron chi connectivity index (χ0n) is 8.56. The van der Waals surface area contributed by atoms with Gasteiger partial charge < -0.3 is 9.30 Å². The molecule has 0 amide bonds. The summed E-state index contributed by atoms with van der Waals surface area (Å²) in [5.41, 5.74) is 0.923. The summed E-state index contributed by atoms with van der Waals surface area (Å²) in [5, 5.41) is 0.962. The highest BCUT2D eigenvalue weighted by atomic mass is 16.5. The standard InChI is InChI=1S/C10H13N3O/c1-7(2)13-5-4-8-9(13)11-6-12-10(8)14-3/h4-7H,1-3H3. The van der Waals surface area contributed by atoms with Crippen LogP contribution < -0.4 is 4.74 Å². The maximum absolute atomic E-state index is 5.16. The number of ether oxygens (including phenoxy) is 1. The van der Waals surface area contributed by atoms with Crippen LogP contribution in [-0.4, -0.2) is 21.6 Å². The minimum absolute atomic E-state index is 0.395. The van der Waals surface area contributed by atoms with E-state index < -0.39 is 0 Å². The lowest BCUT2D eigenvalue weighted by atomic mass is 10.4. The van der Waals surface area contributed by atoms with Crippen LogP contribution in [-0.2, 0) is 0 Å². The lowest BCUT2D eigenvalue weighted by Gasteiger charge is -2.08. The second kappa shape index (κ2) is 3.29. The molecule has 0 aromatic carbocycles. The van der Waals surface area contributed by atoms with Crippen molar-refractivity contribution in [1.82, 2.24) is 14.5 Å². The van der Waals surface area contributed by atoms with Crippen LogP contribution in [0.3, 0.4) is 0 Å². The van der Waals surface area contributed by atoms with Crippen molar-refractivity contribution in [2.75, 3.05) is 7.11 Å². The van der Waals surface area contributed by atoms with E-state index >= 15 is 0 Å². The normalized spacial score (nSPS) is 11.1. The first-order valence-electron chi connectivity index (χ1n) is 4.59. The second-order valence-electron chi connectivity index (χ2n) is 3.44. The molecule has 0 aliphatic carbocycles. The zero-order chi connectivity index (χ0) is 10.1. The van der Waals surface area contributed by atoms with Gasteiger partial charge in [-0.2, -0.15) is 0 Å². The number of aromatic nitrogens is 3. The lowest BCUT2D eigenvalue weighted by Crippen LogP contribution is -2.00. The summed E-state index contributed by atoms with van der Waals surface area (Å²) < 4.78 is 7.25. The molecule has 74 valence electrons. The predicted molar refractivity (Wildman–Crippen MR) is 54.5 cm³/mol. The van der Waals surface area contributed by atoms with Crippen LogP contribution in [0.1, 0.15) is 19.9 Å². The molecule has 0 spiro atoms. The Morgan fingerprint density at radius 2 is 2.14 bits per heavy atom. The van der Waals surface area contributed by atoms with Crippen molar-refractivity contribution in [2.24, 2.45) is 0 Å². The number of rotatable bonds is 2. The Morgan fingerprint density at radius 3 is 2.79 bits per heavy atom. The predicted octanol–water partition coefficient (Wildman–Crippen LogP) is 2.02. The van der Waals surface area contributed by atoms with E-state index in [2.05, 4.69) is 28.4 Å². The summed E-state index contributed by atoms with van der Waals surface area (Å²) in [6.07, 6.45) is 3.53. The summed E-state index contributed by atoms with van der Waals surface area (Å²) in [7, 11) is 1.62. The average molecular weight is 191 g/mol. The van der Waals surface area contributed by atoms with E-state index in [1.807, 2.05) is 12.3 Å². The molecule has 4 nitrogen and oxygen atoms in total. The third-order valence-corrected chi connectivity index (χ3v) is 2.22. The summed E-state index contributed by atoms with van der Waals surface area (Å²) in [6, 6.07) is 2.38. The first-order chi connectivity index (χ1) is 6.74. The fourth-order valence-electron chi connectivity index (χ4n) is 1.53. The van der Waals surface area contributed by atoms with E-state index in [9.17, 15) is 0 Å². The van der Waals surface area contributed by atoms with Gasteiger partial charge in [0.05, 0.1) is 12.5 Å². The van der Waals surface area contributed by atoms with Gasteiger partial charge in [-0.05, 0) is 19.9 Å². The largest absolute Gasteiger partial charge is 0.480 e. The highest BCUT2D eigenvalue weighted by Gasteiger charge is 2.09. The molecule has 0 radical (unpaired) electrons. The quantitative estimate of drug-likeness (QED) is 0.729. The third-order valence-electron chi connectivity index (χ3n) is 2.22. The zero-order valence-corrected chi connectivity index (χ0v) is 8.56. The molecule has 0 aliphatic rings. The lowest BCUT2D eigenvalue weighted by molar-refractivity contribution is 0.402. The van der Waals surface area contributed by atoms with E-state index in [1.54, 1.807) is 7.11 Å². The Labute approximate surface area is 82.5 Å². The number of nitrogens with zero attached hydrogens (tertiary/aromatic N) is 3. The number of hydrogen-bond acceptors (Lipinski definition) is 3. The van der Waals surface area contributed by atoms with Crippen LogP contribution in [0, 0.1) is 0 Å². The number of fused-ring (bicyclic) bond motifs is 1. The molecule has 2 aromatic rings. The van der Waals surface area contributed by atoms with Gasteiger partial charge in [0.1, 0.15) is 12.0 Å². The molecule has 0 N–H and O–H groups in total. The minimum atomic E-state index is 0.395.